The van der Waals surface area contributed by atoms with Crippen molar-refractivity contribution >= 4 is 34.8 Å². The number of alkyl halides is 3. The molecule has 2 aliphatic rings. The van der Waals surface area contributed by atoms with E-state index >= 15 is 0 Å². The van der Waals surface area contributed by atoms with Crippen LogP contribution in [0.15, 0.2) is 18.2 Å². The molecule has 6 nitrogen and oxygen atoms in total. The number of likely N-dealkylation sites (tertiary alicyclic amines) is 1. The Morgan fingerprint density at radius 3 is 2.74 bits per heavy atom. The van der Waals surface area contributed by atoms with E-state index in [4.69, 9.17) is 44.3 Å². The highest BCUT2D eigenvalue weighted by Gasteiger charge is 2.70. The average molecular weight is 382 g/mol. The van der Waals surface area contributed by atoms with Gasteiger partial charge in [-0.25, -0.2) is 0 Å². The van der Waals surface area contributed by atoms with E-state index in [1.165, 1.54) is 7.11 Å². The largest absolute Gasteiger partial charge is 0.497 e. The summed E-state index contributed by atoms with van der Waals surface area (Å²) in [5.41, 5.74) is -0.824. The third-order valence-electron chi connectivity index (χ3n) is 4.55. The lowest BCUT2D eigenvalue weighted by atomic mass is 9.76. The summed E-state index contributed by atoms with van der Waals surface area (Å²) in [7, 11) is 3.34. The average Bonchev–Trinajstić information content (AvgIpc) is 2.83. The highest BCUT2D eigenvalue weighted by atomic mass is 35.6. The Morgan fingerprint density at radius 2 is 2.17 bits per heavy atom. The second-order valence-electron chi connectivity index (χ2n) is 5.94. The Kier molecular flexibility index (Phi) is 4.08. The summed E-state index contributed by atoms with van der Waals surface area (Å²) in [6.45, 7) is 0.613. The molecule has 1 aromatic rings. The third-order valence-corrected chi connectivity index (χ3v) is 5.14. The van der Waals surface area contributed by atoms with Crippen molar-refractivity contribution in [2.24, 2.45) is 0 Å². The smallest absolute Gasteiger partial charge is 0.282 e. The number of methoxy groups -OCH3 is 1. The molecule has 1 fully saturated rings. The monoisotopic (exact) mass is 380 g/mol. The number of nitro groups is 1. The van der Waals surface area contributed by atoms with Gasteiger partial charge in [0.05, 0.1) is 19.6 Å². The number of ether oxygens (including phenoxy) is 2. The zero-order chi connectivity index (χ0) is 17.0. The molecule has 0 saturated carbocycles. The van der Waals surface area contributed by atoms with Gasteiger partial charge in [0, 0.05) is 17.0 Å². The number of likely N-dealkylation sites (N-methyl/N-ethyl adjacent to an activating group) is 1. The predicted molar refractivity (Wildman–Crippen MR) is 87.7 cm³/mol. The van der Waals surface area contributed by atoms with E-state index in [-0.39, 0.29) is 11.5 Å². The number of benzene rings is 1. The van der Waals surface area contributed by atoms with Crippen molar-refractivity contribution in [3.8, 4) is 11.5 Å². The first-order valence-corrected chi connectivity index (χ1v) is 8.08. The van der Waals surface area contributed by atoms with Gasteiger partial charge in [-0.2, -0.15) is 0 Å². The first-order chi connectivity index (χ1) is 10.7. The van der Waals surface area contributed by atoms with Gasteiger partial charge in [-0.1, -0.05) is 34.8 Å². The maximum absolute atomic E-state index is 12.0. The molecule has 3 rings (SSSR count). The maximum atomic E-state index is 12.0. The standard InChI is InChI=1S/C14H15Cl3N2O4/c1-18-6-10-9-5-8(22-2)3-4-11(9)23-12(14(15,16)17)13(10,7-18)19(20)21/h3-5,10,12H,6-7H2,1-2H3/t10-,12+,13+/m1/s1. The van der Waals surface area contributed by atoms with Crippen molar-refractivity contribution in [3.05, 3.63) is 33.9 Å². The summed E-state index contributed by atoms with van der Waals surface area (Å²) >= 11 is 18.1. The minimum absolute atomic E-state index is 0.139. The Balaban J connectivity index is 2.22. The second kappa shape index (κ2) is 5.55. The van der Waals surface area contributed by atoms with Gasteiger partial charge in [-0.3, -0.25) is 15.0 Å². The van der Waals surface area contributed by atoms with E-state index in [1.807, 2.05) is 4.90 Å². The molecule has 0 bridgehead atoms. The fourth-order valence-electron chi connectivity index (χ4n) is 3.60. The molecular weight excluding hydrogens is 367 g/mol. The van der Waals surface area contributed by atoms with Crippen molar-refractivity contribution in [1.29, 1.82) is 0 Å². The van der Waals surface area contributed by atoms with E-state index in [0.29, 0.717) is 23.6 Å². The van der Waals surface area contributed by atoms with Gasteiger partial charge in [0.1, 0.15) is 11.5 Å². The molecule has 0 spiro atoms. The van der Waals surface area contributed by atoms with Crippen LogP contribution < -0.4 is 9.47 Å². The van der Waals surface area contributed by atoms with E-state index in [2.05, 4.69) is 0 Å². The molecule has 0 radical (unpaired) electrons. The second-order valence-corrected chi connectivity index (χ2v) is 8.31. The fraction of sp³-hybridized carbons (Fsp3) is 0.571. The van der Waals surface area contributed by atoms with Gasteiger partial charge in [0.2, 0.25) is 9.90 Å². The number of hydrogen-bond acceptors (Lipinski definition) is 5. The lowest BCUT2D eigenvalue weighted by molar-refractivity contribution is -0.581. The maximum Gasteiger partial charge on any atom is 0.282 e. The van der Waals surface area contributed by atoms with Crippen molar-refractivity contribution in [3.63, 3.8) is 0 Å². The van der Waals surface area contributed by atoms with Crippen molar-refractivity contribution in [2.45, 2.75) is 21.4 Å². The van der Waals surface area contributed by atoms with Crippen molar-refractivity contribution in [2.75, 3.05) is 27.2 Å². The first kappa shape index (κ1) is 16.9. The van der Waals surface area contributed by atoms with Crippen LogP contribution in [0.4, 0.5) is 0 Å². The van der Waals surface area contributed by atoms with Crippen LogP contribution in [0.2, 0.25) is 0 Å². The Hall–Kier alpha value is -0.950. The minimum atomic E-state index is -1.92. The van der Waals surface area contributed by atoms with E-state index in [9.17, 15) is 10.1 Å². The number of nitrogens with zero attached hydrogens (tertiary/aromatic N) is 2. The topological polar surface area (TPSA) is 64.8 Å². The van der Waals surface area contributed by atoms with Gasteiger partial charge in [0.15, 0.2) is 0 Å². The summed E-state index contributed by atoms with van der Waals surface area (Å²) in [6.07, 6.45) is -1.19. The summed E-state index contributed by atoms with van der Waals surface area (Å²) in [5.74, 6) is 0.633. The predicted octanol–water partition coefficient (Wildman–Crippen LogP) is 2.87. The molecule has 3 atom stereocenters. The fourth-order valence-corrected chi connectivity index (χ4v) is 4.30. The molecule has 0 amide bonds. The summed E-state index contributed by atoms with van der Waals surface area (Å²) < 4.78 is 9.11. The third kappa shape index (κ3) is 2.52. The van der Waals surface area contributed by atoms with Crippen LogP contribution in [0.25, 0.3) is 0 Å². The molecule has 0 N–H and O–H groups in total. The molecule has 2 aliphatic heterocycles. The zero-order valence-corrected chi connectivity index (χ0v) is 14.7. The van der Waals surface area contributed by atoms with Crippen LogP contribution in [-0.2, 0) is 0 Å². The van der Waals surface area contributed by atoms with Crippen LogP contribution in [0.5, 0.6) is 11.5 Å². The zero-order valence-electron chi connectivity index (χ0n) is 12.5. The quantitative estimate of drug-likeness (QED) is 0.448. The first-order valence-electron chi connectivity index (χ1n) is 6.94. The lowest BCUT2D eigenvalue weighted by Gasteiger charge is -2.41. The van der Waals surface area contributed by atoms with Crippen LogP contribution in [-0.4, -0.2) is 52.5 Å². The van der Waals surface area contributed by atoms with Crippen molar-refractivity contribution in [1.82, 2.24) is 4.90 Å². The van der Waals surface area contributed by atoms with E-state index in [1.54, 1.807) is 25.2 Å². The highest BCUT2D eigenvalue weighted by molar-refractivity contribution is 6.68. The lowest BCUT2D eigenvalue weighted by Crippen LogP contribution is -2.63. The molecule has 126 valence electrons. The number of hydrogen-bond donors (Lipinski definition) is 0. The summed E-state index contributed by atoms with van der Waals surface area (Å²) in [5, 5.41) is 12.0. The highest BCUT2D eigenvalue weighted by Crippen LogP contribution is 2.54. The summed E-state index contributed by atoms with van der Waals surface area (Å²) in [6, 6.07) is 5.16. The van der Waals surface area contributed by atoms with Crippen LogP contribution in [0.1, 0.15) is 11.5 Å². The van der Waals surface area contributed by atoms with Crippen molar-refractivity contribution < 1.29 is 14.4 Å². The van der Waals surface area contributed by atoms with E-state index < -0.39 is 21.4 Å². The summed E-state index contributed by atoms with van der Waals surface area (Å²) in [4.78, 5) is 13.5. The van der Waals surface area contributed by atoms with Crippen LogP contribution in [0, 0.1) is 10.1 Å². The molecule has 0 unspecified atom stereocenters. The van der Waals surface area contributed by atoms with Gasteiger partial charge in [-0.15, -0.1) is 0 Å². The van der Waals surface area contributed by atoms with E-state index in [0.717, 1.165) is 0 Å². The molecular formula is C14H15Cl3N2O4. The Labute approximate surface area is 148 Å². The van der Waals surface area contributed by atoms with Crippen LogP contribution >= 0.6 is 34.8 Å². The van der Waals surface area contributed by atoms with Crippen LogP contribution in [0.3, 0.4) is 0 Å². The number of halogens is 3. The van der Waals surface area contributed by atoms with Gasteiger partial charge in [0.25, 0.3) is 5.54 Å². The molecule has 0 aromatic heterocycles. The normalized spacial score (nSPS) is 30.3. The molecule has 0 aliphatic carbocycles. The molecule has 9 heteroatoms. The number of rotatable bonds is 2. The Morgan fingerprint density at radius 1 is 1.48 bits per heavy atom. The molecule has 23 heavy (non-hydrogen) atoms. The Bertz CT molecular complexity index is 651. The van der Waals surface area contributed by atoms with Gasteiger partial charge >= 0.3 is 0 Å². The van der Waals surface area contributed by atoms with Gasteiger partial charge in [-0.05, 0) is 25.2 Å². The SMILES string of the molecule is COc1ccc2c(c1)[C@H]1CN(C)C[C@@]1([N+](=O)[O-])[C@@H](C(Cl)(Cl)Cl)O2. The molecule has 1 saturated heterocycles. The molecule has 2 heterocycles. The number of fused-ring (bicyclic) bond motifs is 3. The minimum Gasteiger partial charge on any atom is -0.497 e. The van der Waals surface area contributed by atoms with Gasteiger partial charge < -0.3 is 9.47 Å². The molecule has 1 aromatic carbocycles.